The van der Waals surface area contributed by atoms with Crippen LogP contribution in [0.25, 0.3) is 0 Å². The second-order valence-electron chi connectivity index (χ2n) is 6.19. The number of hydrogen-bond acceptors (Lipinski definition) is 3. The van der Waals surface area contributed by atoms with Gasteiger partial charge in [0.25, 0.3) is 5.91 Å². The zero-order valence-electron chi connectivity index (χ0n) is 15.4. The first-order chi connectivity index (χ1) is 12.5. The van der Waals surface area contributed by atoms with E-state index >= 15 is 0 Å². The van der Waals surface area contributed by atoms with Gasteiger partial charge in [0.05, 0.1) is 0 Å². The fourth-order valence-corrected chi connectivity index (χ4v) is 2.86. The van der Waals surface area contributed by atoms with Crippen molar-refractivity contribution in [3.8, 4) is 0 Å². The second kappa shape index (κ2) is 9.73. The number of aliphatic carboxylic acids is 1. The number of carboxylic acids is 1. The first-order valence-corrected chi connectivity index (χ1v) is 8.95. The highest BCUT2D eigenvalue weighted by atomic mass is 16.4. The van der Waals surface area contributed by atoms with Crippen LogP contribution in [0, 0.1) is 0 Å². The molecule has 0 atom stereocenters. The molecule has 0 heterocycles. The second-order valence-corrected chi connectivity index (χ2v) is 6.19. The van der Waals surface area contributed by atoms with Gasteiger partial charge in [-0.1, -0.05) is 44.2 Å². The van der Waals surface area contributed by atoms with Gasteiger partial charge >= 0.3 is 5.97 Å². The van der Waals surface area contributed by atoms with Gasteiger partial charge in [-0.25, -0.2) is 0 Å². The Hall–Kier alpha value is -2.66. The molecule has 0 fully saturated rings. The zero-order valence-corrected chi connectivity index (χ0v) is 15.4. The summed E-state index contributed by atoms with van der Waals surface area (Å²) in [5.74, 6) is -1.36. The number of hydrogen-bond donors (Lipinski definition) is 1. The first kappa shape index (κ1) is 19.7. The molecule has 0 radical (unpaired) electrons. The molecule has 0 aliphatic rings. The molecule has 1 amide bonds. The topological polar surface area (TPSA) is 60.9 Å². The quantitative estimate of drug-likeness (QED) is 0.747. The highest BCUT2D eigenvalue weighted by molar-refractivity contribution is 6.08. The van der Waals surface area contributed by atoms with E-state index in [1.165, 1.54) is 4.90 Å². The summed E-state index contributed by atoms with van der Waals surface area (Å²) >= 11 is 0. The highest BCUT2D eigenvalue weighted by Crippen LogP contribution is 2.17. The van der Waals surface area contributed by atoms with Crippen LogP contribution >= 0.6 is 0 Å². The van der Waals surface area contributed by atoms with Crippen molar-refractivity contribution in [3.05, 3.63) is 65.7 Å². The molecule has 2 aromatic rings. The molecular weight excluding hydrogens is 328 g/mol. The Bertz CT molecular complexity index is 714. The van der Waals surface area contributed by atoms with E-state index in [1.807, 2.05) is 18.2 Å². The molecule has 26 heavy (non-hydrogen) atoms. The van der Waals surface area contributed by atoms with Crippen LogP contribution in [0.15, 0.2) is 54.6 Å². The predicted octanol–water partition coefficient (Wildman–Crippen LogP) is 3.65. The highest BCUT2D eigenvalue weighted by Gasteiger charge is 2.20. The number of amides is 1. The van der Waals surface area contributed by atoms with E-state index in [1.54, 1.807) is 36.4 Å². The van der Waals surface area contributed by atoms with Gasteiger partial charge in [-0.05, 0) is 49.3 Å². The van der Waals surface area contributed by atoms with Crippen LogP contribution < -0.4 is 4.90 Å². The van der Waals surface area contributed by atoms with E-state index in [4.69, 9.17) is 5.11 Å². The SMILES string of the molecule is CCCN(CC)Cc1ccc(C(=O)N(CC(=O)O)c2ccccc2)cc1. The fourth-order valence-electron chi connectivity index (χ4n) is 2.86. The summed E-state index contributed by atoms with van der Waals surface area (Å²) in [4.78, 5) is 27.6. The van der Waals surface area contributed by atoms with Gasteiger partial charge < -0.3 is 5.11 Å². The van der Waals surface area contributed by atoms with Crippen molar-refractivity contribution in [1.29, 1.82) is 0 Å². The van der Waals surface area contributed by atoms with Crippen LogP contribution in [0.1, 0.15) is 36.2 Å². The maximum absolute atomic E-state index is 12.8. The van der Waals surface area contributed by atoms with Crippen molar-refractivity contribution in [3.63, 3.8) is 0 Å². The van der Waals surface area contributed by atoms with Crippen molar-refractivity contribution in [2.24, 2.45) is 0 Å². The lowest BCUT2D eigenvalue weighted by molar-refractivity contribution is -0.135. The molecule has 0 unspecified atom stereocenters. The number of para-hydroxylation sites is 1. The number of carboxylic acid groups (broad SMARTS) is 1. The molecule has 5 heteroatoms. The summed E-state index contributed by atoms with van der Waals surface area (Å²) in [7, 11) is 0. The Labute approximate surface area is 154 Å². The number of nitrogens with zero attached hydrogens (tertiary/aromatic N) is 2. The summed E-state index contributed by atoms with van der Waals surface area (Å²) < 4.78 is 0. The zero-order chi connectivity index (χ0) is 18.9. The molecule has 0 bridgehead atoms. The number of carbonyl (C=O) groups excluding carboxylic acids is 1. The number of anilines is 1. The molecule has 0 aliphatic carbocycles. The predicted molar refractivity (Wildman–Crippen MR) is 103 cm³/mol. The van der Waals surface area contributed by atoms with Crippen molar-refractivity contribution in [2.45, 2.75) is 26.8 Å². The average molecular weight is 354 g/mol. The number of carbonyl (C=O) groups is 2. The molecule has 0 aliphatic heterocycles. The van der Waals surface area contributed by atoms with Crippen LogP contribution in [-0.2, 0) is 11.3 Å². The standard InChI is InChI=1S/C21H26N2O3/c1-3-14-22(4-2)15-17-10-12-18(13-11-17)21(26)23(16-20(24)25)19-8-6-5-7-9-19/h5-13H,3-4,14-16H2,1-2H3,(H,24,25). The molecule has 138 valence electrons. The molecular formula is C21H26N2O3. The third-order valence-electron chi connectivity index (χ3n) is 4.20. The summed E-state index contributed by atoms with van der Waals surface area (Å²) in [6.45, 7) is 6.79. The average Bonchev–Trinajstić information content (AvgIpc) is 2.66. The molecule has 0 saturated carbocycles. The largest absolute Gasteiger partial charge is 0.480 e. The Morgan fingerprint density at radius 3 is 2.15 bits per heavy atom. The minimum Gasteiger partial charge on any atom is -0.480 e. The summed E-state index contributed by atoms with van der Waals surface area (Å²) in [6.07, 6.45) is 1.10. The van der Waals surface area contributed by atoms with Crippen molar-refractivity contribution >= 4 is 17.6 Å². The maximum atomic E-state index is 12.8. The van der Waals surface area contributed by atoms with E-state index < -0.39 is 5.97 Å². The van der Waals surface area contributed by atoms with Gasteiger partial charge in [0, 0.05) is 17.8 Å². The lowest BCUT2D eigenvalue weighted by Crippen LogP contribution is -2.35. The van der Waals surface area contributed by atoms with Gasteiger partial charge in [-0.15, -0.1) is 0 Å². The molecule has 1 N–H and O–H groups in total. The van der Waals surface area contributed by atoms with E-state index in [9.17, 15) is 9.59 Å². The van der Waals surface area contributed by atoms with E-state index in [2.05, 4.69) is 18.7 Å². The van der Waals surface area contributed by atoms with Crippen LogP contribution in [0.4, 0.5) is 5.69 Å². The minimum atomic E-state index is -1.04. The van der Waals surface area contributed by atoms with Gasteiger partial charge in [0.2, 0.25) is 0 Å². The molecule has 2 aromatic carbocycles. The molecule has 0 saturated heterocycles. The lowest BCUT2D eigenvalue weighted by Gasteiger charge is -2.22. The summed E-state index contributed by atoms with van der Waals surface area (Å²) in [5, 5.41) is 9.16. The van der Waals surface area contributed by atoms with Gasteiger partial charge in [-0.2, -0.15) is 0 Å². The van der Waals surface area contributed by atoms with Crippen molar-refractivity contribution in [1.82, 2.24) is 4.90 Å². The third kappa shape index (κ3) is 5.43. The van der Waals surface area contributed by atoms with E-state index in [-0.39, 0.29) is 12.5 Å². The monoisotopic (exact) mass is 354 g/mol. The Balaban J connectivity index is 2.17. The normalized spacial score (nSPS) is 10.7. The van der Waals surface area contributed by atoms with Crippen LogP contribution in [0.5, 0.6) is 0 Å². The number of rotatable bonds is 9. The van der Waals surface area contributed by atoms with Crippen LogP contribution in [0.2, 0.25) is 0 Å². The Kier molecular flexibility index (Phi) is 7.36. The van der Waals surface area contributed by atoms with E-state index in [0.29, 0.717) is 11.3 Å². The molecule has 0 spiro atoms. The van der Waals surface area contributed by atoms with E-state index in [0.717, 1.165) is 31.6 Å². The molecule has 0 aromatic heterocycles. The fraction of sp³-hybridized carbons (Fsp3) is 0.333. The summed E-state index contributed by atoms with van der Waals surface area (Å²) in [5.41, 5.74) is 2.20. The Morgan fingerprint density at radius 2 is 1.62 bits per heavy atom. The third-order valence-corrected chi connectivity index (χ3v) is 4.20. The maximum Gasteiger partial charge on any atom is 0.323 e. The van der Waals surface area contributed by atoms with Crippen LogP contribution in [-0.4, -0.2) is 41.5 Å². The van der Waals surface area contributed by atoms with Crippen LogP contribution in [0.3, 0.4) is 0 Å². The van der Waals surface area contributed by atoms with Gasteiger partial charge in [0.15, 0.2) is 0 Å². The smallest absolute Gasteiger partial charge is 0.323 e. The summed E-state index contributed by atoms with van der Waals surface area (Å²) in [6, 6.07) is 16.3. The molecule has 5 nitrogen and oxygen atoms in total. The van der Waals surface area contributed by atoms with Gasteiger partial charge in [0.1, 0.15) is 6.54 Å². The Morgan fingerprint density at radius 1 is 0.962 bits per heavy atom. The lowest BCUT2D eigenvalue weighted by atomic mass is 10.1. The van der Waals surface area contributed by atoms with Gasteiger partial charge in [-0.3, -0.25) is 19.4 Å². The van der Waals surface area contributed by atoms with Crippen molar-refractivity contribution in [2.75, 3.05) is 24.5 Å². The number of benzene rings is 2. The van der Waals surface area contributed by atoms with Crippen molar-refractivity contribution < 1.29 is 14.7 Å². The minimum absolute atomic E-state index is 0.314. The molecule has 2 rings (SSSR count). The first-order valence-electron chi connectivity index (χ1n) is 8.95.